The zero-order valence-corrected chi connectivity index (χ0v) is 19.1. The predicted molar refractivity (Wildman–Crippen MR) is 119 cm³/mol. The number of nitrogens with zero attached hydrogens (tertiary/aromatic N) is 2. The van der Waals surface area contributed by atoms with Crippen LogP contribution in [-0.4, -0.2) is 24.2 Å². The van der Waals surface area contributed by atoms with Gasteiger partial charge in [-0.05, 0) is 45.4 Å². The second-order valence-corrected chi connectivity index (χ2v) is 6.72. The summed E-state index contributed by atoms with van der Waals surface area (Å²) in [5.74, 6) is 1.89. The van der Waals surface area contributed by atoms with E-state index in [2.05, 4.69) is 42.6 Å². The third-order valence-electron chi connectivity index (χ3n) is 4.15. The van der Waals surface area contributed by atoms with Gasteiger partial charge >= 0.3 is 0 Å². The molecule has 1 aromatic heterocycles. The number of rotatable bonds is 6. The van der Waals surface area contributed by atoms with Crippen LogP contribution >= 0.6 is 35.6 Å². The van der Waals surface area contributed by atoms with Gasteiger partial charge in [-0.15, -0.1) is 24.0 Å². The molecule has 0 saturated carbocycles. The monoisotopic (exact) mass is 490 g/mol. The third-order valence-corrected chi connectivity index (χ3v) is 4.39. The molecule has 0 fully saturated rings. The molecule has 0 aliphatic rings. The van der Waals surface area contributed by atoms with Crippen molar-refractivity contribution in [2.75, 3.05) is 13.1 Å². The number of guanidine groups is 1. The van der Waals surface area contributed by atoms with Crippen LogP contribution in [0.3, 0.4) is 0 Å². The van der Waals surface area contributed by atoms with Crippen molar-refractivity contribution in [3.63, 3.8) is 0 Å². The second kappa shape index (κ2) is 10.8. The molecule has 1 aromatic carbocycles. The average Bonchev–Trinajstić information content (AvgIpc) is 2.91. The Morgan fingerprint density at radius 2 is 2.04 bits per heavy atom. The first-order valence-electron chi connectivity index (χ1n) is 8.65. The Labute approximate surface area is 178 Å². The van der Waals surface area contributed by atoms with Crippen molar-refractivity contribution >= 4 is 41.5 Å². The minimum atomic E-state index is 0. The van der Waals surface area contributed by atoms with Crippen molar-refractivity contribution in [2.24, 2.45) is 4.99 Å². The molecule has 2 unspecified atom stereocenters. The Hall–Kier alpha value is -1.28. The van der Waals surface area contributed by atoms with Gasteiger partial charge in [0.15, 0.2) is 5.96 Å². The summed E-state index contributed by atoms with van der Waals surface area (Å²) < 4.78 is 5.26. The molecule has 0 radical (unpaired) electrons. The van der Waals surface area contributed by atoms with Crippen LogP contribution in [0.4, 0.5) is 0 Å². The van der Waals surface area contributed by atoms with Crippen molar-refractivity contribution in [2.45, 2.75) is 46.6 Å². The lowest BCUT2D eigenvalue weighted by atomic mass is 10.00. The fourth-order valence-electron chi connectivity index (χ4n) is 2.90. The Kier molecular flexibility index (Phi) is 9.43. The molecule has 2 N–H and O–H groups in total. The Morgan fingerprint density at radius 3 is 2.62 bits per heavy atom. The van der Waals surface area contributed by atoms with Gasteiger partial charge in [-0.1, -0.05) is 35.8 Å². The van der Waals surface area contributed by atoms with E-state index in [0.29, 0.717) is 6.54 Å². The highest BCUT2D eigenvalue weighted by molar-refractivity contribution is 14.0. The van der Waals surface area contributed by atoms with E-state index >= 15 is 0 Å². The van der Waals surface area contributed by atoms with Gasteiger partial charge in [-0.3, -0.25) is 4.99 Å². The topological polar surface area (TPSA) is 62.5 Å². The molecule has 0 bridgehead atoms. The SMILES string of the molecule is CCNC(=NCC(C)c1c(C)noc1C)NC(C)c1cccc(Cl)c1.I. The first kappa shape index (κ1) is 22.8. The maximum Gasteiger partial charge on any atom is 0.191 e. The highest BCUT2D eigenvalue weighted by atomic mass is 127. The van der Waals surface area contributed by atoms with Crippen LogP contribution in [0.2, 0.25) is 5.02 Å². The Balaban J connectivity index is 0.00000338. The van der Waals surface area contributed by atoms with Crippen molar-refractivity contribution in [3.8, 4) is 0 Å². The van der Waals surface area contributed by atoms with Crippen molar-refractivity contribution in [3.05, 3.63) is 51.9 Å². The summed E-state index contributed by atoms with van der Waals surface area (Å²) in [5.41, 5.74) is 3.20. The fraction of sp³-hybridized carbons (Fsp3) is 0.474. The number of hydrogen-bond donors (Lipinski definition) is 2. The van der Waals surface area contributed by atoms with E-state index in [9.17, 15) is 0 Å². The van der Waals surface area contributed by atoms with Crippen LogP contribution in [0, 0.1) is 13.8 Å². The lowest BCUT2D eigenvalue weighted by Crippen LogP contribution is -2.39. The Morgan fingerprint density at radius 1 is 1.31 bits per heavy atom. The van der Waals surface area contributed by atoms with E-state index in [0.717, 1.165) is 40.1 Å². The summed E-state index contributed by atoms with van der Waals surface area (Å²) in [6, 6.07) is 7.96. The summed E-state index contributed by atoms with van der Waals surface area (Å²) in [4.78, 5) is 4.73. The molecule has 1 heterocycles. The van der Waals surface area contributed by atoms with Gasteiger partial charge in [0.25, 0.3) is 0 Å². The van der Waals surface area contributed by atoms with Crippen LogP contribution in [0.5, 0.6) is 0 Å². The van der Waals surface area contributed by atoms with E-state index in [1.807, 2.05) is 32.0 Å². The Bertz CT molecular complexity index is 713. The third kappa shape index (κ3) is 6.16. The number of benzene rings is 1. The number of aromatic nitrogens is 1. The fourth-order valence-corrected chi connectivity index (χ4v) is 3.10. The first-order chi connectivity index (χ1) is 11.9. The van der Waals surface area contributed by atoms with Crippen molar-refractivity contribution in [1.29, 1.82) is 0 Å². The second-order valence-electron chi connectivity index (χ2n) is 6.28. The molecule has 7 heteroatoms. The number of aliphatic imine (C=N–C) groups is 1. The summed E-state index contributed by atoms with van der Waals surface area (Å²) in [7, 11) is 0. The van der Waals surface area contributed by atoms with E-state index in [4.69, 9.17) is 21.1 Å². The molecular weight excluding hydrogens is 463 g/mol. The zero-order valence-electron chi connectivity index (χ0n) is 16.0. The highest BCUT2D eigenvalue weighted by Gasteiger charge is 2.16. The largest absolute Gasteiger partial charge is 0.361 e. The molecule has 0 spiro atoms. The molecular formula is C19H28ClIN4O. The van der Waals surface area contributed by atoms with Crippen LogP contribution in [0.15, 0.2) is 33.8 Å². The van der Waals surface area contributed by atoms with E-state index in [1.165, 1.54) is 0 Å². The van der Waals surface area contributed by atoms with Gasteiger partial charge in [0.05, 0.1) is 11.7 Å². The maximum atomic E-state index is 6.09. The molecule has 26 heavy (non-hydrogen) atoms. The predicted octanol–water partition coefficient (Wildman–Crippen LogP) is 4.98. The van der Waals surface area contributed by atoms with Crippen molar-refractivity contribution in [1.82, 2.24) is 15.8 Å². The minimum Gasteiger partial charge on any atom is -0.361 e. The summed E-state index contributed by atoms with van der Waals surface area (Å²) in [6.07, 6.45) is 0. The number of nitrogens with one attached hydrogen (secondary N) is 2. The van der Waals surface area contributed by atoms with Crippen LogP contribution in [-0.2, 0) is 0 Å². The standard InChI is InChI=1S/C19H27ClN4O.HI/c1-6-21-19(23-13(3)16-8-7-9-17(20)10-16)22-11-12(2)18-14(4)24-25-15(18)5;/h7-10,12-13H,6,11H2,1-5H3,(H2,21,22,23);1H. The van der Waals surface area contributed by atoms with Crippen LogP contribution in [0.1, 0.15) is 55.3 Å². The van der Waals surface area contributed by atoms with Gasteiger partial charge < -0.3 is 15.2 Å². The average molecular weight is 491 g/mol. The lowest BCUT2D eigenvalue weighted by Gasteiger charge is -2.19. The van der Waals surface area contributed by atoms with Gasteiger partial charge in [0.2, 0.25) is 0 Å². The van der Waals surface area contributed by atoms with Gasteiger partial charge in [-0.25, -0.2) is 0 Å². The van der Waals surface area contributed by atoms with Crippen molar-refractivity contribution < 1.29 is 4.52 Å². The summed E-state index contributed by atoms with van der Waals surface area (Å²) in [6.45, 7) is 11.7. The molecule has 0 aliphatic heterocycles. The van der Waals surface area contributed by atoms with E-state index < -0.39 is 0 Å². The minimum absolute atomic E-state index is 0. The zero-order chi connectivity index (χ0) is 18.4. The quantitative estimate of drug-likeness (QED) is 0.340. The molecule has 144 valence electrons. The molecule has 2 rings (SSSR count). The molecule has 0 aliphatic carbocycles. The maximum absolute atomic E-state index is 6.09. The molecule has 2 aromatic rings. The van der Waals surface area contributed by atoms with E-state index in [-0.39, 0.29) is 35.9 Å². The molecule has 0 saturated heterocycles. The van der Waals surface area contributed by atoms with Gasteiger partial charge in [0.1, 0.15) is 5.76 Å². The molecule has 5 nitrogen and oxygen atoms in total. The number of hydrogen-bond acceptors (Lipinski definition) is 3. The van der Waals surface area contributed by atoms with Crippen LogP contribution in [0.25, 0.3) is 0 Å². The first-order valence-corrected chi connectivity index (χ1v) is 9.03. The normalized spacial score (nSPS) is 13.7. The van der Waals surface area contributed by atoms with Gasteiger partial charge in [0, 0.05) is 29.6 Å². The van der Waals surface area contributed by atoms with Gasteiger partial charge in [-0.2, -0.15) is 0 Å². The summed E-state index contributed by atoms with van der Waals surface area (Å²) in [5, 5.41) is 11.5. The molecule has 0 amide bonds. The highest BCUT2D eigenvalue weighted by Crippen LogP contribution is 2.23. The number of aryl methyl sites for hydroxylation is 2. The smallest absolute Gasteiger partial charge is 0.191 e. The number of halogens is 2. The summed E-state index contributed by atoms with van der Waals surface area (Å²) >= 11 is 6.09. The van der Waals surface area contributed by atoms with Crippen LogP contribution < -0.4 is 10.6 Å². The lowest BCUT2D eigenvalue weighted by molar-refractivity contribution is 0.391. The van der Waals surface area contributed by atoms with E-state index in [1.54, 1.807) is 0 Å². The molecule has 2 atom stereocenters.